The van der Waals surface area contributed by atoms with Crippen LogP contribution < -0.4 is 10.6 Å². The molecular formula is C15H21N7O. The van der Waals surface area contributed by atoms with Gasteiger partial charge in [-0.3, -0.25) is 14.2 Å². The van der Waals surface area contributed by atoms with Gasteiger partial charge in [-0.2, -0.15) is 10.2 Å². The molecule has 0 radical (unpaired) electrons. The maximum Gasteiger partial charge on any atom is 0.227 e. The van der Waals surface area contributed by atoms with Crippen molar-refractivity contribution in [3.05, 3.63) is 30.1 Å². The summed E-state index contributed by atoms with van der Waals surface area (Å²) in [5.41, 5.74) is 0. The predicted molar refractivity (Wildman–Crippen MR) is 82.7 cm³/mol. The van der Waals surface area contributed by atoms with Crippen LogP contribution in [0.25, 0.3) is 0 Å². The molecule has 8 heteroatoms. The second-order valence-electron chi connectivity index (χ2n) is 6.35. The van der Waals surface area contributed by atoms with Crippen molar-refractivity contribution in [2.24, 2.45) is 7.05 Å². The summed E-state index contributed by atoms with van der Waals surface area (Å²) in [6, 6.07) is 2.09. The number of nitrogens with one attached hydrogen (secondary N) is 2. The first-order valence-electron chi connectivity index (χ1n) is 8.09. The molecule has 1 aliphatic heterocycles. The van der Waals surface area contributed by atoms with E-state index in [9.17, 15) is 4.79 Å². The smallest absolute Gasteiger partial charge is 0.227 e. The van der Waals surface area contributed by atoms with Crippen LogP contribution in [0.1, 0.15) is 36.5 Å². The zero-order valence-corrected chi connectivity index (χ0v) is 13.1. The lowest BCUT2D eigenvalue weighted by Gasteiger charge is -2.20. The quantitative estimate of drug-likeness (QED) is 0.795. The van der Waals surface area contributed by atoms with E-state index in [0.29, 0.717) is 5.92 Å². The summed E-state index contributed by atoms with van der Waals surface area (Å²) in [4.78, 5) is 16.9. The summed E-state index contributed by atoms with van der Waals surface area (Å²) < 4.78 is 3.63. The number of hydrogen-bond donors (Lipinski definition) is 2. The molecule has 0 spiro atoms. The SMILES string of the molecule is Cn1nc(C2CC2)nc1CC(=O)N[C@@H]1CNC[C@@H]1n1cccn1. The number of nitrogens with zero attached hydrogens (tertiary/aromatic N) is 5. The van der Waals surface area contributed by atoms with E-state index in [2.05, 4.69) is 25.8 Å². The van der Waals surface area contributed by atoms with Gasteiger partial charge in [0.2, 0.25) is 5.91 Å². The molecule has 23 heavy (non-hydrogen) atoms. The fraction of sp³-hybridized carbons (Fsp3) is 0.600. The van der Waals surface area contributed by atoms with Gasteiger partial charge in [0, 0.05) is 38.4 Å². The van der Waals surface area contributed by atoms with Gasteiger partial charge in [0.15, 0.2) is 5.82 Å². The van der Waals surface area contributed by atoms with E-state index in [0.717, 1.165) is 37.6 Å². The number of amides is 1. The average Bonchev–Trinajstić information content (AvgIpc) is 2.91. The molecule has 2 aromatic rings. The van der Waals surface area contributed by atoms with E-state index in [4.69, 9.17) is 0 Å². The summed E-state index contributed by atoms with van der Waals surface area (Å²) in [7, 11) is 1.85. The molecule has 8 nitrogen and oxygen atoms in total. The Bertz CT molecular complexity index is 689. The van der Waals surface area contributed by atoms with Crippen molar-refractivity contribution in [3.8, 4) is 0 Å². The third kappa shape index (κ3) is 2.98. The van der Waals surface area contributed by atoms with Crippen LogP contribution in [-0.4, -0.2) is 49.6 Å². The highest BCUT2D eigenvalue weighted by Gasteiger charge is 2.31. The molecule has 1 saturated heterocycles. The first kappa shape index (κ1) is 14.4. The monoisotopic (exact) mass is 315 g/mol. The molecule has 4 rings (SSSR count). The molecule has 2 aliphatic rings. The van der Waals surface area contributed by atoms with E-state index in [1.807, 2.05) is 24.0 Å². The zero-order chi connectivity index (χ0) is 15.8. The molecule has 1 saturated carbocycles. The van der Waals surface area contributed by atoms with Crippen molar-refractivity contribution in [2.45, 2.75) is 37.3 Å². The highest BCUT2D eigenvalue weighted by Crippen LogP contribution is 2.38. The maximum atomic E-state index is 12.4. The van der Waals surface area contributed by atoms with Crippen LogP contribution in [0.5, 0.6) is 0 Å². The van der Waals surface area contributed by atoms with Gasteiger partial charge >= 0.3 is 0 Å². The van der Waals surface area contributed by atoms with Crippen molar-refractivity contribution in [1.82, 2.24) is 35.2 Å². The number of aryl methyl sites for hydroxylation is 1. The van der Waals surface area contributed by atoms with Gasteiger partial charge in [0.1, 0.15) is 5.82 Å². The van der Waals surface area contributed by atoms with Gasteiger partial charge in [-0.25, -0.2) is 4.98 Å². The Balaban J connectivity index is 1.39. The first-order chi connectivity index (χ1) is 11.2. The van der Waals surface area contributed by atoms with Crippen molar-refractivity contribution in [2.75, 3.05) is 13.1 Å². The van der Waals surface area contributed by atoms with Crippen LogP contribution in [0.15, 0.2) is 18.5 Å². The predicted octanol–water partition coefficient (Wildman–Crippen LogP) is -0.239. The van der Waals surface area contributed by atoms with Crippen LogP contribution in [0.2, 0.25) is 0 Å². The van der Waals surface area contributed by atoms with Gasteiger partial charge in [0.25, 0.3) is 0 Å². The lowest BCUT2D eigenvalue weighted by atomic mass is 10.1. The molecule has 2 atom stereocenters. The highest BCUT2D eigenvalue weighted by molar-refractivity contribution is 5.78. The standard InChI is InChI=1S/C15H21N7O/c1-21-13(19-15(20-21)10-3-4-10)7-14(23)18-11-8-16-9-12(11)22-6-2-5-17-22/h2,5-6,10-12,16H,3-4,7-9H2,1H3,(H,18,23)/t11-,12+/m1/s1. The van der Waals surface area contributed by atoms with Crippen LogP contribution in [0.4, 0.5) is 0 Å². The van der Waals surface area contributed by atoms with E-state index in [-0.39, 0.29) is 24.4 Å². The van der Waals surface area contributed by atoms with Crippen LogP contribution in [-0.2, 0) is 18.3 Å². The van der Waals surface area contributed by atoms with Crippen molar-refractivity contribution in [3.63, 3.8) is 0 Å². The minimum absolute atomic E-state index is 0.0197. The third-order valence-electron chi connectivity index (χ3n) is 4.52. The molecule has 122 valence electrons. The molecule has 0 unspecified atom stereocenters. The normalized spacial score (nSPS) is 24.0. The minimum atomic E-state index is -0.0197. The van der Waals surface area contributed by atoms with Gasteiger partial charge in [-0.15, -0.1) is 0 Å². The fourth-order valence-electron chi connectivity index (χ4n) is 3.08. The second-order valence-corrected chi connectivity index (χ2v) is 6.35. The number of aromatic nitrogens is 5. The Morgan fingerprint density at radius 3 is 3.04 bits per heavy atom. The van der Waals surface area contributed by atoms with Crippen molar-refractivity contribution in [1.29, 1.82) is 0 Å². The number of hydrogen-bond acceptors (Lipinski definition) is 5. The Morgan fingerprint density at radius 2 is 2.30 bits per heavy atom. The molecular weight excluding hydrogens is 294 g/mol. The summed E-state index contributed by atoms with van der Waals surface area (Å²) in [6.45, 7) is 1.56. The second kappa shape index (κ2) is 5.77. The average molecular weight is 315 g/mol. The van der Waals surface area contributed by atoms with Crippen LogP contribution in [0.3, 0.4) is 0 Å². The highest BCUT2D eigenvalue weighted by atomic mass is 16.1. The molecule has 2 N–H and O–H groups in total. The summed E-state index contributed by atoms with van der Waals surface area (Å²) in [5, 5.41) is 15.1. The van der Waals surface area contributed by atoms with E-state index in [1.54, 1.807) is 10.9 Å². The van der Waals surface area contributed by atoms with E-state index in [1.165, 1.54) is 0 Å². The van der Waals surface area contributed by atoms with Gasteiger partial charge in [0.05, 0.1) is 18.5 Å². The minimum Gasteiger partial charge on any atom is -0.349 e. The molecule has 1 amide bonds. The van der Waals surface area contributed by atoms with Crippen LogP contribution >= 0.6 is 0 Å². The number of carbonyl (C=O) groups excluding carboxylic acids is 1. The zero-order valence-electron chi connectivity index (χ0n) is 13.1. The Labute approximate surface area is 134 Å². The molecule has 3 heterocycles. The van der Waals surface area contributed by atoms with Crippen LogP contribution in [0, 0.1) is 0 Å². The molecule has 0 bridgehead atoms. The Hall–Kier alpha value is -2.22. The summed E-state index contributed by atoms with van der Waals surface area (Å²) in [5.74, 6) is 2.09. The Kier molecular flexibility index (Phi) is 3.60. The summed E-state index contributed by atoms with van der Waals surface area (Å²) in [6.07, 6.45) is 6.28. The number of carbonyl (C=O) groups is 1. The molecule has 1 aliphatic carbocycles. The molecule has 2 aromatic heterocycles. The Morgan fingerprint density at radius 1 is 1.43 bits per heavy atom. The van der Waals surface area contributed by atoms with Gasteiger partial charge in [-0.1, -0.05) is 0 Å². The largest absolute Gasteiger partial charge is 0.349 e. The van der Waals surface area contributed by atoms with Gasteiger partial charge in [-0.05, 0) is 18.9 Å². The van der Waals surface area contributed by atoms with E-state index >= 15 is 0 Å². The maximum absolute atomic E-state index is 12.4. The lowest BCUT2D eigenvalue weighted by molar-refractivity contribution is -0.121. The summed E-state index contributed by atoms with van der Waals surface area (Å²) >= 11 is 0. The van der Waals surface area contributed by atoms with Crippen molar-refractivity contribution >= 4 is 5.91 Å². The fourth-order valence-corrected chi connectivity index (χ4v) is 3.08. The van der Waals surface area contributed by atoms with E-state index < -0.39 is 0 Å². The molecule has 2 fully saturated rings. The lowest BCUT2D eigenvalue weighted by Crippen LogP contribution is -2.42. The molecule has 0 aromatic carbocycles. The third-order valence-corrected chi connectivity index (χ3v) is 4.52. The van der Waals surface area contributed by atoms with Crippen molar-refractivity contribution < 1.29 is 4.79 Å². The van der Waals surface area contributed by atoms with Gasteiger partial charge < -0.3 is 10.6 Å². The first-order valence-corrected chi connectivity index (χ1v) is 8.09. The topological polar surface area (TPSA) is 89.7 Å². The number of rotatable bonds is 5.